The second kappa shape index (κ2) is 9.86. The van der Waals surface area contributed by atoms with Crippen LogP contribution in [0.25, 0.3) is 11.3 Å². The Kier molecular flexibility index (Phi) is 6.95. The molecule has 2 aliphatic heterocycles. The van der Waals surface area contributed by atoms with Crippen LogP contribution in [-0.4, -0.2) is 52.8 Å². The van der Waals surface area contributed by atoms with E-state index in [-0.39, 0.29) is 18.4 Å². The molecule has 0 saturated carbocycles. The van der Waals surface area contributed by atoms with E-state index in [1.54, 1.807) is 4.57 Å². The van der Waals surface area contributed by atoms with Crippen LogP contribution in [0, 0.1) is 11.8 Å². The van der Waals surface area contributed by atoms with E-state index in [0.717, 1.165) is 35.2 Å². The molecule has 2 aliphatic rings. The average molecular weight is 439 g/mol. The maximum atomic E-state index is 12.6. The zero-order chi connectivity index (χ0) is 22.6. The maximum Gasteiger partial charge on any atom is 0.351 e. The molecule has 170 valence electrons. The van der Waals surface area contributed by atoms with Gasteiger partial charge in [0.05, 0.1) is 25.5 Å². The Balaban J connectivity index is 1.57. The van der Waals surface area contributed by atoms with Crippen molar-refractivity contribution in [2.24, 2.45) is 0 Å². The van der Waals surface area contributed by atoms with Gasteiger partial charge in [0.15, 0.2) is 0 Å². The molecule has 7 heteroatoms. The zero-order valence-corrected chi connectivity index (χ0v) is 18.7. The number of aromatic nitrogens is 2. The molecular weight excluding hydrogens is 408 g/mol. The van der Waals surface area contributed by atoms with E-state index in [1.807, 2.05) is 38.1 Å². The molecule has 1 aromatic carbocycles. The molecule has 1 fully saturated rings. The van der Waals surface area contributed by atoms with E-state index in [1.165, 1.54) is 0 Å². The SMILES string of the molecule is CCCC(O)(C#Cc1ccc2c(c1)CCn1c-2cc(OCC2COCCO2)nc1=O)CC. The Bertz CT molecular complexity index is 1080. The van der Waals surface area contributed by atoms with Gasteiger partial charge in [-0.05, 0) is 37.0 Å². The van der Waals surface area contributed by atoms with E-state index in [2.05, 4.69) is 16.8 Å². The van der Waals surface area contributed by atoms with Gasteiger partial charge in [-0.15, -0.1) is 0 Å². The van der Waals surface area contributed by atoms with Gasteiger partial charge >= 0.3 is 5.69 Å². The molecule has 7 nitrogen and oxygen atoms in total. The van der Waals surface area contributed by atoms with Crippen molar-refractivity contribution >= 4 is 0 Å². The number of fused-ring (bicyclic) bond motifs is 3. The van der Waals surface area contributed by atoms with Crippen LogP contribution in [0.1, 0.15) is 44.2 Å². The fraction of sp³-hybridized carbons (Fsp3) is 0.520. The number of nitrogens with zero attached hydrogens (tertiary/aromatic N) is 2. The maximum absolute atomic E-state index is 12.6. The van der Waals surface area contributed by atoms with Crippen molar-refractivity contribution in [2.45, 2.75) is 57.8 Å². The summed E-state index contributed by atoms with van der Waals surface area (Å²) in [5.41, 5.74) is 2.48. The molecule has 1 N–H and O–H groups in total. The van der Waals surface area contributed by atoms with Crippen LogP contribution in [0.3, 0.4) is 0 Å². The van der Waals surface area contributed by atoms with E-state index < -0.39 is 5.60 Å². The lowest BCUT2D eigenvalue weighted by Gasteiger charge is -2.24. The van der Waals surface area contributed by atoms with Crippen LogP contribution in [0.2, 0.25) is 0 Å². The summed E-state index contributed by atoms with van der Waals surface area (Å²) in [6.07, 6.45) is 2.70. The summed E-state index contributed by atoms with van der Waals surface area (Å²) < 4.78 is 18.4. The van der Waals surface area contributed by atoms with Crippen molar-refractivity contribution in [2.75, 3.05) is 26.4 Å². The molecule has 0 bridgehead atoms. The summed E-state index contributed by atoms with van der Waals surface area (Å²) in [5, 5.41) is 10.6. The Labute approximate surface area is 188 Å². The standard InChI is InChI=1S/C25H30N2O5/c1-3-9-25(29,4-2)10-7-18-5-6-21-19(14-18)8-11-27-22(21)15-23(26-24(27)28)32-17-20-16-30-12-13-31-20/h5-6,14-15,20,29H,3-4,8-9,11-13,16-17H2,1-2H3. The quantitative estimate of drug-likeness (QED) is 0.698. The number of hydrogen-bond donors (Lipinski definition) is 1. The highest BCUT2D eigenvalue weighted by atomic mass is 16.6. The number of benzene rings is 1. The molecule has 0 aliphatic carbocycles. The fourth-order valence-electron chi connectivity index (χ4n) is 4.10. The first-order chi connectivity index (χ1) is 15.5. The van der Waals surface area contributed by atoms with Crippen LogP contribution in [0.15, 0.2) is 29.1 Å². The molecule has 0 amide bonds. The number of aryl methyl sites for hydroxylation is 1. The molecule has 0 spiro atoms. The second-order valence-electron chi connectivity index (χ2n) is 8.30. The summed E-state index contributed by atoms with van der Waals surface area (Å²) in [7, 11) is 0. The predicted molar refractivity (Wildman–Crippen MR) is 121 cm³/mol. The number of rotatable bonds is 6. The van der Waals surface area contributed by atoms with Crippen LogP contribution in [0.5, 0.6) is 5.88 Å². The van der Waals surface area contributed by atoms with E-state index >= 15 is 0 Å². The van der Waals surface area contributed by atoms with Crippen LogP contribution in [0.4, 0.5) is 0 Å². The van der Waals surface area contributed by atoms with Crippen molar-refractivity contribution < 1.29 is 19.3 Å². The molecule has 1 saturated heterocycles. The lowest BCUT2D eigenvalue weighted by Crippen LogP contribution is -2.34. The van der Waals surface area contributed by atoms with Gasteiger partial charge in [0, 0.05) is 23.7 Å². The zero-order valence-electron chi connectivity index (χ0n) is 18.7. The first kappa shape index (κ1) is 22.5. The van der Waals surface area contributed by atoms with Crippen molar-refractivity contribution in [1.82, 2.24) is 9.55 Å². The molecule has 1 aromatic heterocycles. The fourth-order valence-corrected chi connectivity index (χ4v) is 4.10. The van der Waals surface area contributed by atoms with Crippen LogP contribution >= 0.6 is 0 Å². The van der Waals surface area contributed by atoms with Gasteiger partial charge in [-0.25, -0.2) is 4.79 Å². The van der Waals surface area contributed by atoms with E-state index in [9.17, 15) is 9.90 Å². The highest BCUT2D eigenvalue weighted by Crippen LogP contribution is 2.30. The smallest absolute Gasteiger partial charge is 0.351 e. The van der Waals surface area contributed by atoms with Gasteiger partial charge in [0.25, 0.3) is 0 Å². The van der Waals surface area contributed by atoms with E-state index in [0.29, 0.717) is 45.1 Å². The minimum absolute atomic E-state index is 0.160. The third-order valence-electron chi connectivity index (χ3n) is 5.96. The topological polar surface area (TPSA) is 82.8 Å². The molecule has 2 aromatic rings. The lowest BCUT2D eigenvalue weighted by atomic mass is 9.93. The Morgan fingerprint density at radius 1 is 1.31 bits per heavy atom. The summed E-state index contributed by atoms with van der Waals surface area (Å²) >= 11 is 0. The molecule has 4 rings (SSSR count). The van der Waals surface area contributed by atoms with Crippen molar-refractivity contribution in [3.05, 3.63) is 45.9 Å². The minimum Gasteiger partial charge on any atom is -0.475 e. The lowest BCUT2D eigenvalue weighted by molar-refractivity contribution is -0.102. The summed E-state index contributed by atoms with van der Waals surface area (Å²) in [5.74, 6) is 6.49. The monoisotopic (exact) mass is 438 g/mol. The first-order valence-electron chi connectivity index (χ1n) is 11.3. The van der Waals surface area contributed by atoms with Gasteiger partial charge < -0.3 is 19.3 Å². The molecule has 32 heavy (non-hydrogen) atoms. The van der Waals surface area contributed by atoms with Crippen molar-refractivity contribution in [3.8, 4) is 29.0 Å². The third kappa shape index (κ3) is 5.04. The van der Waals surface area contributed by atoms with Crippen LogP contribution in [-0.2, 0) is 22.4 Å². The highest BCUT2D eigenvalue weighted by Gasteiger charge is 2.22. The highest BCUT2D eigenvalue weighted by molar-refractivity contribution is 5.68. The molecule has 0 radical (unpaired) electrons. The third-order valence-corrected chi connectivity index (χ3v) is 5.96. The first-order valence-corrected chi connectivity index (χ1v) is 11.3. The molecule has 3 heterocycles. The Morgan fingerprint density at radius 3 is 2.94 bits per heavy atom. The Hall–Kier alpha value is -2.66. The summed E-state index contributed by atoms with van der Waals surface area (Å²) in [4.78, 5) is 16.7. The van der Waals surface area contributed by atoms with E-state index in [4.69, 9.17) is 14.2 Å². The van der Waals surface area contributed by atoms with Crippen LogP contribution < -0.4 is 10.4 Å². The molecular formula is C25H30N2O5. The summed E-state index contributed by atoms with van der Waals surface area (Å²) in [6.45, 7) is 6.45. The normalized spacial score (nSPS) is 19.2. The average Bonchev–Trinajstić information content (AvgIpc) is 2.82. The Morgan fingerprint density at radius 2 is 2.19 bits per heavy atom. The van der Waals surface area contributed by atoms with Crippen molar-refractivity contribution in [1.29, 1.82) is 0 Å². The molecule has 2 unspecified atom stereocenters. The van der Waals surface area contributed by atoms with Crippen molar-refractivity contribution in [3.63, 3.8) is 0 Å². The van der Waals surface area contributed by atoms with Gasteiger partial charge in [-0.2, -0.15) is 4.98 Å². The van der Waals surface area contributed by atoms with Gasteiger partial charge in [-0.3, -0.25) is 4.57 Å². The minimum atomic E-state index is -0.949. The molecule has 2 atom stereocenters. The number of ether oxygens (including phenoxy) is 3. The van der Waals surface area contributed by atoms with Gasteiger partial charge in [-0.1, -0.05) is 38.2 Å². The summed E-state index contributed by atoms with van der Waals surface area (Å²) in [6, 6.07) is 7.77. The van der Waals surface area contributed by atoms with Gasteiger partial charge in [0.2, 0.25) is 5.88 Å². The predicted octanol–water partition coefficient (Wildman–Crippen LogP) is 2.55. The second-order valence-corrected chi connectivity index (χ2v) is 8.30. The number of hydrogen-bond acceptors (Lipinski definition) is 6. The largest absolute Gasteiger partial charge is 0.475 e. The number of aliphatic hydroxyl groups is 1. The van der Waals surface area contributed by atoms with Gasteiger partial charge in [0.1, 0.15) is 18.3 Å².